The Kier molecular flexibility index (Phi) is 5.10. The molecule has 1 N–H and O–H groups in total. The van der Waals surface area contributed by atoms with Gasteiger partial charge in [0.25, 0.3) is 0 Å². The Balaban J connectivity index is 2.56. The molecule has 2 nitrogen and oxygen atoms in total. The van der Waals surface area contributed by atoms with E-state index in [0.717, 1.165) is 18.9 Å². The highest BCUT2D eigenvalue weighted by atomic mass is 32.2. The fourth-order valence-corrected chi connectivity index (χ4v) is 3.68. The summed E-state index contributed by atoms with van der Waals surface area (Å²) in [6, 6.07) is 0.494. The summed E-state index contributed by atoms with van der Waals surface area (Å²) in [7, 11) is -0.668. The van der Waals surface area contributed by atoms with Crippen molar-refractivity contribution in [2.75, 3.05) is 12.8 Å². The van der Waals surface area contributed by atoms with Gasteiger partial charge in [0, 0.05) is 23.1 Å². The normalized spacial score (nSPS) is 35.5. The van der Waals surface area contributed by atoms with Crippen LogP contribution in [0, 0.1) is 5.92 Å². The molecule has 0 aromatic rings. The predicted octanol–water partition coefficient (Wildman–Crippen LogP) is 1.92. The van der Waals surface area contributed by atoms with E-state index in [9.17, 15) is 4.21 Å². The molecule has 1 aliphatic carbocycles. The molecule has 0 heterocycles. The molecule has 0 bridgehead atoms. The van der Waals surface area contributed by atoms with Crippen molar-refractivity contribution in [1.29, 1.82) is 0 Å². The zero-order chi connectivity index (χ0) is 10.6. The summed E-state index contributed by atoms with van der Waals surface area (Å²) in [4.78, 5) is 0. The zero-order valence-corrected chi connectivity index (χ0v) is 10.4. The molecule has 1 rings (SSSR count). The van der Waals surface area contributed by atoms with Crippen LogP contribution in [0.3, 0.4) is 0 Å². The quantitative estimate of drug-likeness (QED) is 0.779. The van der Waals surface area contributed by atoms with Gasteiger partial charge in [-0.2, -0.15) is 0 Å². The van der Waals surface area contributed by atoms with Crippen molar-refractivity contribution in [2.24, 2.45) is 5.92 Å². The highest BCUT2D eigenvalue weighted by Gasteiger charge is 2.31. The molecule has 3 heteroatoms. The van der Waals surface area contributed by atoms with Crippen LogP contribution in [0.5, 0.6) is 0 Å². The molecule has 14 heavy (non-hydrogen) atoms. The third-order valence-corrected chi connectivity index (χ3v) is 4.74. The first kappa shape index (κ1) is 12.2. The largest absolute Gasteiger partial charge is 0.313 e. The summed E-state index contributed by atoms with van der Waals surface area (Å²) in [6.45, 7) is 5.37. The molecule has 1 aliphatic rings. The Morgan fingerprint density at radius 3 is 2.57 bits per heavy atom. The van der Waals surface area contributed by atoms with Crippen LogP contribution >= 0.6 is 0 Å². The van der Waals surface area contributed by atoms with Gasteiger partial charge in [-0.25, -0.2) is 0 Å². The molecule has 4 atom stereocenters. The first-order valence-electron chi connectivity index (χ1n) is 5.74. The van der Waals surface area contributed by atoms with Crippen molar-refractivity contribution < 1.29 is 4.21 Å². The molecule has 4 unspecified atom stereocenters. The van der Waals surface area contributed by atoms with Gasteiger partial charge in [-0.1, -0.05) is 20.3 Å². The molecule has 0 amide bonds. The lowest BCUT2D eigenvalue weighted by Crippen LogP contribution is -2.46. The average Bonchev–Trinajstić information content (AvgIpc) is 2.18. The number of hydrogen-bond acceptors (Lipinski definition) is 2. The van der Waals surface area contributed by atoms with Gasteiger partial charge in [-0.15, -0.1) is 0 Å². The van der Waals surface area contributed by atoms with E-state index in [1.165, 1.54) is 19.3 Å². The van der Waals surface area contributed by atoms with Crippen LogP contribution in [0.1, 0.15) is 39.5 Å². The molecule has 1 fully saturated rings. The monoisotopic (exact) mass is 217 g/mol. The Labute approximate surface area is 90.3 Å². The maximum atomic E-state index is 11.6. The summed E-state index contributed by atoms with van der Waals surface area (Å²) in [5, 5.41) is 3.85. The smallest absolute Gasteiger partial charge is 0.0501 e. The van der Waals surface area contributed by atoms with E-state index in [2.05, 4.69) is 19.2 Å². The van der Waals surface area contributed by atoms with Gasteiger partial charge in [-0.3, -0.25) is 4.21 Å². The van der Waals surface area contributed by atoms with E-state index < -0.39 is 10.8 Å². The zero-order valence-electron chi connectivity index (χ0n) is 9.58. The Hall–Kier alpha value is 0.110. The highest BCUT2D eigenvalue weighted by molar-refractivity contribution is 7.85. The molecule has 0 radical (unpaired) electrons. The van der Waals surface area contributed by atoms with Crippen molar-refractivity contribution in [3.05, 3.63) is 0 Å². The minimum Gasteiger partial charge on any atom is -0.313 e. The molecule has 0 aromatic carbocycles. The van der Waals surface area contributed by atoms with E-state index in [1.54, 1.807) is 0 Å². The molecule has 1 saturated carbocycles. The van der Waals surface area contributed by atoms with Crippen LogP contribution in [0.2, 0.25) is 0 Å². The van der Waals surface area contributed by atoms with Gasteiger partial charge in [0.2, 0.25) is 0 Å². The summed E-state index contributed by atoms with van der Waals surface area (Å²) in [6.07, 6.45) is 6.76. The second kappa shape index (κ2) is 5.86. The maximum absolute atomic E-state index is 11.6. The fraction of sp³-hybridized carbons (Fsp3) is 1.00. The predicted molar refractivity (Wildman–Crippen MR) is 63.0 cm³/mol. The van der Waals surface area contributed by atoms with E-state index in [1.807, 2.05) is 6.26 Å². The summed E-state index contributed by atoms with van der Waals surface area (Å²) >= 11 is 0. The first-order chi connectivity index (χ1) is 6.69. The Morgan fingerprint density at radius 2 is 2.07 bits per heavy atom. The van der Waals surface area contributed by atoms with Crippen LogP contribution in [0.4, 0.5) is 0 Å². The molecule has 84 valence electrons. The summed E-state index contributed by atoms with van der Waals surface area (Å²) in [5.41, 5.74) is 0. The summed E-state index contributed by atoms with van der Waals surface area (Å²) < 4.78 is 11.6. The van der Waals surface area contributed by atoms with Gasteiger partial charge >= 0.3 is 0 Å². The van der Waals surface area contributed by atoms with Crippen LogP contribution in [0.15, 0.2) is 0 Å². The summed E-state index contributed by atoms with van der Waals surface area (Å²) in [5.74, 6) is 0.804. The molecule has 0 saturated heterocycles. The minimum atomic E-state index is -0.668. The number of hydrogen-bond donors (Lipinski definition) is 1. The lowest BCUT2D eigenvalue weighted by molar-refractivity contribution is 0.294. The Bertz CT molecular complexity index is 196. The maximum Gasteiger partial charge on any atom is 0.0501 e. The van der Waals surface area contributed by atoms with E-state index in [4.69, 9.17) is 0 Å². The van der Waals surface area contributed by atoms with Crippen molar-refractivity contribution in [2.45, 2.75) is 50.8 Å². The second-order valence-corrected chi connectivity index (χ2v) is 5.89. The van der Waals surface area contributed by atoms with Crippen molar-refractivity contribution in [1.82, 2.24) is 5.32 Å². The van der Waals surface area contributed by atoms with Crippen LogP contribution in [-0.4, -0.2) is 28.3 Å². The van der Waals surface area contributed by atoms with Crippen molar-refractivity contribution >= 4 is 10.8 Å². The van der Waals surface area contributed by atoms with Crippen LogP contribution in [-0.2, 0) is 10.8 Å². The topological polar surface area (TPSA) is 29.1 Å². The number of nitrogens with one attached hydrogen (secondary N) is 1. The minimum absolute atomic E-state index is 0.383. The molecule has 0 spiro atoms. The molecule has 0 aliphatic heterocycles. The lowest BCUT2D eigenvalue weighted by atomic mass is 9.84. The van der Waals surface area contributed by atoms with Gasteiger partial charge in [-0.05, 0) is 31.7 Å². The number of rotatable bonds is 4. The lowest BCUT2D eigenvalue weighted by Gasteiger charge is -2.35. The van der Waals surface area contributed by atoms with Crippen molar-refractivity contribution in [3.8, 4) is 0 Å². The fourth-order valence-electron chi connectivity index (χ4n) is 2.45. The van der Waals surface area contributed by atoms with Crippen molar-refractivity contribution in [3.63, 3.8) is 0 Å². The highest BCUT2D eigenvalue weighted by Crippen LogP contribution is 2.29. The van der Waals surface area contributed by atoms with E-state index >= 15 is 0 Å². The van der Waals surface area contributed by atoms with Gasteiger partial charge in [0.1, 0.15) is 0 Å². The first-order valence-corrected chi connectivity index (χ1v) is 7.36. The van der Waals surface area contributed by atoms with Crippen LogP contribution < -0.4 is 5.32 Å². The Morgan fingerprint density at radius 1 is 1.36 bits per heavy atom. The third-order valence-electron chi connectivity index (χ3n) is 3.37. The van der Waals surface area contributed by atoms with E-state index in [-0.39, 0.29) is 0 Å². The molecular weight excluding hydrogens is 194 g/mol. The molecule has 0 aromatic heterocycles. The molecular formula is C11H23NOS. The second-order valence-electron chi connectivity index (χ2n) is 4.29. The van der Waals surface area contributed by atoms with Gasteiger partial charge < -0.3 is 5.32 Å². The SMILES string of the molecule is CCNC1CCC(CC)CC1S(C)=O. The van der Waals surface area contributed by atoms with Gasteiger partial charge in [0.05, 0.1) is 5.25 Å². The average molecular weight is 217 g/mol. The van der Waals surface area contributed by atoms with E-state index in [0.29, 0.717) is 11.3 Å². The van der Waals surface area contributed by atoms with Gasteiger partial charge in [0.15, 0.2) is 0 Å². The standard InChI is InChI=1S/C11H23NOS/c1-4-9-6-7-10(12-5-2)11(8-9)14(3)13/h9-12H,4-8H2,1-3H3. The van der Waals surface area contributed by atoms with Crippen LogP contribution in [0.25, 0.3) is 0 Å². The third kappa shape index (κ3) is 3.06.